The zero-order valence-electron chi connectivity index (χ0n) is 16.9. The second-order valence-electron chi connectivity index (χ2n) is 5.98. The lowest BCUT2D eigenvalue weighted by Crippen LogP contribution is -2.25. The molecule has 182 valence electrons. The maximum absolute atomic E-state index is 11.9. The first-order chi connectivity index (χ1) is 15.2. The number of carboxylic acid groups (broad SMARTS) is 2. The molecule has 8 nitrogen and oxygen atoms in total. The molecule has 2 aromatic heterocycles. The van der Waals surface area contributed by atoms with Gasteiger partial charge in [0, 0.05) is 30.8 Å². The van der Waals surface area contributed by atoms with Gasteiger partial charge in [0.15, 0.2) is 0 Å². The van der Waals surface area contributed by atoms with Crippen molar-refractivity contribution in [2.24, 2.45) is 0 Å². The summed E-state index contributed by atoms with van der Waals surface area (Å²) in [6.45, 7) is 2.55. The zero-order valence-corrected chi connectivity index (χ0v) is 16.9. The van der Waals surface area contributed by atoms with Gasteiger partial charge < -0.3 is 15.5 Å². The summed E-state index contributed by atoms with van der Waals surface area (Å²) >= 11 is 0. The third-order valence-corrected chi connectivity index (χ3v) is 3.39. The molecule has 3 N–H and O–H groups in total. The Morgan fingerprint density at radius 3 is 1.91 bits per heavy atom. The van der Waals surface area contributed by atoms with Crippen LogP contribution in [-0.4, -0.2) is 56.9 Å². The van der Waals surface area contributed by atoms with Gasteiger partial charge in [-0.3, -0.25) is 14.8 Å². The second kappa shape index (κ2) is 13.6. The Morgan fingerprint density at radius 2 is 1.48 bits per heavy atom. The van der Waals surface area contributed by atoms with E-state index in [2.05, 4.69) is 15.3 Å². The van der Waals surface area contributed by atoms with E-state index in [-0.39, 0.29) is 5.91 Å². The van der Waals surface area contributed by atoms with E-state index in [1.54, 1.807) is 18.6 Å². The smallest absolute Gasteiger partial charge is 0.475 e. The number of halogens is 6. The molecule has 0 aliphatic rings. The number of aromatic nitrogens is 2. The number of alkyl halides is 6. The molecule has 2 rings (SSSR count). The minimum atomic E-state index is -5.08. The summed E-state index contributed by atoms with van der Waals surface area (Å²) in [5, 5.41) is 17.2. The van der Waals surface area contributed by atoms with E-state index in [9.17, 15) is 31.1 Å². The molecule has 0 aliphatic heterocycles. The van der Waals surface area contributed by atoms with Gasteiger partial charge in [0.25, 0.3) is 5.91 Å². The Bertz CT molecular complexity index is 881. The summed E-state index contributed by atoms with van der Waals surface area (Å²) in [6.07, 6.45) is -3.35. The van der Waals surface area contributed by atoms with Gasteiger partial charge >= 0.3 is 24.3 Å². The minimum Gasteiger partial charge on any atom is -0.475 e. The minimum absolute atomic E-state index is 0.0633. The van der Waals surface area contributed by atoms with Gasteiger partial charge in [-0.2, -0.15) is 26.3 Å². The van der Waals surface area contributed by atoms with E-state index in [1.807, 2.05) is 31.2 Å². The van der Waals surface area contributed by atoms with E-state index < -0.39 is 24.3 Å². The van der Waals surface area contributed by atoms with Gasteiger partial charge in [-0.15, -0.1) is 0 Å². The first-order valence-electron chi connectivity index (χ1n) is 8.85. The number of nitrogens with zero attached hydrogens (tertiary/aromatic N) is 2. The van der Waals surface area contributed by atoms with E-state index in [0.29, 0.717) is 12.1 Å². The summed E-state index contributed by atoms with van der Waals surface area (Å²) < 4.78 is 63.5. The highest BCUT2D eigenvalue weighted by Crippen LogP contribution is 2.13. The Labute approximate surface area is 183 Å². The van der Waals surface area contributed by atoms with E-state index in [0.717, 1.165) is 24.1 Å². The summed E-state index contributed by atoms with van der Waals surface area (Å²) in [5.41, 5.74) is 2.63. The molecule has 0 bridgehead atoms. The molecular weight excluding hydrogens is 464 g/mol. The van der Waals surface area contributed by atoms with Crippen LogP contribution in [0.25, 0.3) is 0 Å². The van der Waals surface area contributed by atoms with Crippen molar-refractivity contribution in [3.63, 3.8) is 0 Å². The molecule has 0 fully saturated rings. The highest BCUT2D eigenvalue weighted by molar-refractivity contribution is 5.95. The maximum atomic E-state index is 11.9. The molecule has 0 atom stereocenters. The number of amides is 1. The van der Waals surface area contributed by atoms with Crippen LogP contribution in [0.4, 0.5) is 26.3 Å². The molecule has 33 heavy (non-hydrogen) atoms. The van der Waals surface area contributed by atoms with Crippen LogP contribution in [0.3, 0.4) is 0 Å². The molecule has 0 aromatic carbocycles. The molecule has 1 amide bonds. The van der Waals surface area contributed by atoms with E-state index >= 15 is 0 Å². The van der Waals surface area contributed by atoms with Crippen LogP contribution in [0.2, 0.25) is 0 Å². The fraction of sp³-hybridized carbons (Fsp3) is 0.316. The fourth-order valence-electron chi connectivity index (χ4n) is 1.81. The average molecular weight is 483 g/mol. The van der Waals surface area contributed by atoms with Crippen molar-refractivity contribution in [3.05, 3.63) is 59.7 Å². The molecule has 2 aromatic rings. The predicted molar refractivity (Wildman–Crippen MR) is 101 cm³/mol. The normalized spacial score (nSPS) is 10.6. The van der Waals surface area contributed by atoms with E-state index in [1.165, 1.54) is 0 Å². The maximum Gasteiger partial charge on any atom is 0.490 e. The van der Waals surface area contributed by atoms with Crippen LogP contribution in [0.5, 0.6) is 0 Å². The monoisotopic (exact) mass is 483 g/mol. The standard InChI is InChI=1S/C15H17N3O.2C2HF3O2/c1-12-7-10-16-11-14(12)15(19)18-9-4-6-13-5-2-3-8-17-13;2*3-2(4,5)1(6)7/h2-3,5,7-8,10-11H,4,6,9H2,1H3,(H,18,19);2*(H,6,7). The number of hydrogen-bond acceptors (Lipinski definition) is 5. The average Bonchev–Trinajstić information content (AvgIpc) is 2.71. The van der Waals surface area contributed by atoms with Crippen LogP contribution in [0.15, 0.2) is 42.9 Å². The number of aryl methyl sites for hydroxylation is 2. The summed E-state index contributed by atoms with van der Waals surface area (Å²) in [4.78, 5) is 37.9. The lowest BCUT2D eigenvalue weighted by Gasteiger charge is -2.06. The highest BCUT2D eigenvalue weighted by atomic mass is 19.4. The third kappa shape index (κ3) is 13.3. The van der Waals surface area contributed by atoms with E-state index in [4.69, 9.17) is 19.8 Å². The van der Waals surface area contributed by atoms with Gasteiger partial charge in [-0.1, -0.05) is 6.07 Å². The van der Waals surface area contributed by atoms with Gasteiger partial charge in [0.2, 0.25) is 0 Å². The van der Waals surface area contributed by atoms with Crippen LogP contribution in [-0.2, 0) is 16.0 Å². The number of carbonyl (C=O) groups excluding carboxylic acids is 1. The Hall–Kier alpha value is -3.71. The molecule has 0 saturated carbocycles. The van der Waals surface area contributed by atoms with Gasteiger partial charge in [0.1, 0.15) is 0 Å². The van der Waals surface area contributed by atoms with Crippen LogP contribution in [0.1, 0.15) is 28.0 Å². The number of pyridine rings is 2. The van der Waals surface area contributed by atoms with Gasteiger partial charge in [-0.25, -0.2) is 9.59 Å². The van der Waals surface area contributed by atoms with Crippen molar-refractivity contribution in [3.8, 4) is 0 Å². The molecule has 2 heterocycles. The number of carboxylic acids is 2. The van der Waals surface area contributed by atoms with Crippen LogP contribution in [0, 0.1) is 6.92 Å². The quantitative estimate of drug-likeness (QED) is 0.439. The summed E-state index contributed by atoms with van der Waals surface area (Å²) in [7, 11) is 0. The number of carbonyl (C=O) groups is 3. The molecule has 0 unspecified atom stereocenters. The van der Waals surface area contributed by atoms with Crippen molar-refractivity contribution < 1.29 is 50.9 Å². The van der Waals surface area contributed by atoms with Crippen molar-refractivity contribution in [2.75, 3.05) is 6.54 Å². The Kier molecular flexibility index (Phi) is 12.1. The third-order valence-electron chi connectivity index (χ3n) is 3.39. The highest BCUT2D eigenvalue weighted by Gasteiger charge is 2.38. The van der Waals surface area contributed by atoms with Gasteiger partial charge in [-0.05, 0) is 43.5 Å². The number of hydrogen-bond donors (Lipinski definition) is 3. The zero-order chi connectivity index (χ0) is 25.7. The number of nitrogens with one attached hydrogen (secondary N) is 1. The largest absolute Gasteiger partial charge is 0.490 e. The molecule has 0 saturated heterocycles. The first-order valence-corrected chi connectivity index (χ1v) is 8.85. The lowest BCUT2D eigenvalue weighted by molar-refractivity contribution is -0.193. The fourth-order valence-corrected chi connectivity index (χ4v) is 1.81. The SMILES string of the molecule is Cc1ccncc1C(=O)NCCCc1ccccn1.O=C(O)C(F)(F)F.O=C(O)C(F)(F)F. The summed E-state index contributed by atoms with van der Waals surface area (Å²) in [6, 6.07) is 7.70. The van der Waals surface area contributed by atoms with Crippen molar-refractivity contribution in [1.29, 1.82) is 0 Å². The van der Waals surface area contributed by atoms with Crippen LogP contribution >= 0.6 is 0 Å². The molecule has 0 spiro atoms. The molecule has 0 radical (unpaired) electrons. The van der Waals surface area contributed by atoms with Crippen molar-refractivity contribution in [2.45, 2.75) is 32.1 Å². The number of rotatable bonds is 5. The Balaban J connectivity index is 0.000000605. The van der Waals surface area contributed by atoms with Crippen molar-refractivity contribution >= 4 is 17.8 Å². The predicted octanol–water partition coefficient (Wildman–Crippen LogP) is 3.41. The summed E-state index contributed by atoms with van der Waals surface area (Å²) in [5.74, 6) is -5.58. The molecule has 14 heteroatoms. The topological polar surface area (TPSA) is 129 Å². The molecular formula is C19H19F6N3O5. The van der Waals surface area contributed by atoms with Crippen molar-refractivity contribution in [1.82, 2.24) is 15.3 Å². The van der Waals surface area contributed by atoms with Gasteiger partial charge in [0.05, 0.1) is 5.56 Å². The second-order valence-corrected chi connectivity index (χ2v) is 5.98. The first kappa shape index (κ1) is 29.3. The van der Waals surface area contributed by atoms with Crippen LogP contribution < -0.4 is 5.32 Å². The molecule has 0 aliphatic carbocycles. The number of aliphatic carboxylic acids is 2. The Morgan fingerprint density at radius 1 is 0.939 bits per heavy atom. The lowest BCUT2D eigenvalue weighted by atomic mass is 10.1.